The summed E-state index contributed by atoms with van der Waals surface area (Å²) in [5, 5.41) is 3.45. The molecule has 0 rings (SSSR count). The second kappa shape index (κ2) is 8.52. The zero-order valence-electron chi connectivity index (χ0n) is 9.77. The van der Waals surface area contributed by atoms with E-state index in [9.17, 15) is 0 Å². The Morgan fingerprint density at radius 3 is 2.46 bits per heavy atom. The van der Waals surface area contributed by atoms with Gasteiger partial charge >= 0.3 is 0 Å². The lowest BCUT2D eigenvalue weighted by Gasteiger charge is -2.11. The minimum absolute atomic E-state index is 0.899. The summed E-state index contributed by atoms with van der Waals surface area (Å²) in [5.41, 5.74) is 0. The van der Waals surface area contributed by atoms with Crippen LogP contribution in [-0.4, -0.2) is 38.6 Å². The van der Waals surface area contributed by atoms with Crippen LogP contribution >= 0.6 is 0 Å². The first kappa shape index (κ1) is 12.9. The van der Waals surface area contributed by atoms with Crippen LogP contribution in [0.4, 0.5) is 0 Å². The van der Waals surface area contributed by atoms with Crippen LogP contribution in [0.3, 0.4) is 0 Å². The molecule has 1 atom stereocenters. The SMILES string of the molecule is CCC(C)CCCNCCN(C)C. The van der Waals surface area contributed by atoms with E-state index >= 15 is 0 Å². The normalized spacial score (nSPS) is 13.6. The highest BCUT2D eigenvalue weighted by molar-refractivity contribution is 4.54. The highest BCUT2D eigenvalue weighted by atomic mass is 15.1. The van der Waals surface area contributed by atoms with Gasteiger partial charge in [0.25, 0.3) is 0 Å². The van der Waals surface area contributed by atoms with Crippen molar-refractivity contribution < 1.29 is 0 Å². The summed E-state index contributed by atoms with van der Waals surface area (Å²) in [4.78, 5) is 2.21. The summed E-state index contributed by atoms with van der Waals surface area (Å²) < 4.78 is 0. The topological polar surface area (TPSA) is 15.3 Å². The van der Waals surface area contributed by atoms with Crippen molar-refractivity contribution in [3.8, 4) is 0 Å². The van der Waals surface area contributed by atoms with Crippen molar-refractivity contribution in [2.24, 2.45) is 5.92 Å². The van der Waals surface area contributed by atoms with Crippen LogP contribution in [0.1, 0.15) is 33.1 Å². The van der Waals surface area contributed by atoms with Gasteiger partial charge in [-0.1, -0.05) is 20.3 Å². The van der Waals surface area contributed by atoms with E-state index in [1.165, 1.54) is 25.8 Å². The zero-order chi connectivity index (χ0) is 10.1. The molecule has 80 valence electrons. The van der Waals surface area contributed by atoms with Gasteiger partial charge in [0.1, 0.15) is 0 Å². The summed E-state index contributed by atoms with van der Waals surface area (Å²) in [6.07, 6.45) is 4.01. The lowest BCUT2D eigenvalue weighted by Crippen LogP contribution is -2.27. The predicted molar refractivity (Wildman–Crippen MR) is 60.1 cm³/mol. The van der Waals surface area contributed by atoms with Crippen LogP contribution < -0.4 is 5.32 Å². The van der Waals surface area contributed by atoms with E-state index in [4.69, 9.17) is 0 Å². The largest absolute Gasteiger partial charge is 0.315 e. The lowest BCUT2D eigenvalue weighted by atomic mass is 10.0. The Morgan fingerprint density at radius 2 is 1.92 bits per heavy atom. The second-order valence-electron chi connectivity index (χ2n) is 4.21. The molecule has 0 bridgehead atoms. The highest BCUT2D eigenvalue weighted by Gasteiger charge is 1.97. The molecule has 0 fully saturated rings. The zero-order valence-corrected chi connectivity index (χ0v) is 9.77. The van der Waals surface area contributed by atoms with Gasteiger partial charge in [-0.2, -0.15) is 0 Å². The molecule has 0 saturated carbocycles. The van der Waals surface area contributed by atoms with E-state index in [1.54, 1.807) is 0 Å². The van der Waals surface area contributed by atoms with Gasteiger partial charge in [0, 0.05) is 13.1 Å². The summed E-state index contributed by atoms with van der Waals surface area (Å²) in [5.74, 6) is 0.899. The predicted octanol–water partition coefficient (Wildman–Crippen LogP) is 1.96. The van der Waals surface area contributed by atoms with E-state index in [0.29, 0.717) is 0 Å². The molecule has 2 heteroatoms. The van der Waals surface area contributed by atoms with Crippen molar-refractivity contribution in [1.29, 1.82) is 0 Å². The Bertz CT molecular complexity index is 102. The van der Waals surface area contributed by atoms with Gasteiger partial charge in [0.2, 0.25) is 0 Å². The van der Waals surface area contributed by atoms with Crippen molar-refractivity contribution in [3.63, 3.8) is 0 Å². The second-order valence-corrected chi connectivity index (χ2v) is 4.21. The van der Waals surface area contributed by atoms with Crippen LogP contribution in [0.15, 0.2) is 0 Å². The fourth-order valence-electron chi connectivity index (χ4n) is 1.21. The van der Waals surface area contributed by atoms with Gasteiger partial charge < -0.3 is 10.2 Å². The third-order valence-corrected chi connectivity index (χ3v) is 2.48. The first-order valence-electron chi connectivity index (χ1n) is 5.52. The molecule has 0 spiro atoms. The van der Waals surface area contributed by atoms with Crippen LogP contribution in [-0.2, 0) is 0 Å². The van der Waals surface area contributed by atoms with E-state index in [0.717, 1.165) is 19.0 Å². The average Bonchev–Trinajstić information content (AvgIpc) is 2.10. The van der Waals surface area contributed by atoms with Crippen molar-refractivity contribution >= 4 is 0 Å². The summed E-state index contributed by atoms with van der Waals surface area (Å²) in [7, 11) is 4.22. The summed E-state index contributed by atoms with van der Waals surface area (Å²) >= 11 is 0. The molecule has 0 aliphatic rings. The third kappa shape index (κ3) is 9.84. The first-order chi connectivity index (χ1) is 6.16. The Kier molecular flexibility index (Phi) is 8.46. The molecular formula is C11H26N2. The first-order valence-corrected chi connectivity index (χ1v) is 5.52. The van der Waals surface area contributed by atoms with Crippen molar-refractivity contribution in [1.82, 2.24) is 10.2 Å². The molecule has 2 nitrogen and oxygen atoms in total. The standard InChI is InChI=1S/C11H26N2/c1-5-11(2)7-6-8-12-9-10-13(3)4/h11-12H,5-10H2,1-4H3. The lowest BCUT2D eigenvalue weighted by molar-refractivity contribution is 0.395. The smallest absolute Gasteiger partial charge is 0.0101 e. The fourth-order valence-corrected chi connectivity index (χ4v) is 1.21. The number of likely N-dealkylation sites (N-methyl/N-ethyl adjacent to an activating group) is 1. The molecule has 0 heterocycles. The Hall–Kier alpha value is -0.0800. The molecule has 0 radical (unpaired) electrons. The van der Waals surface area contributed by atoms with Crippen molar-refractivity contribution in [2.75, 3.05) is 33.7 Å². The van der Waals surface area contributed by atoms with Gasteiger partial charge in [-0.15, -0.1) is 0 Å². The molecule has 0 aromatic rings. The minimum atomic E-state index is 0.899. The van der Waals surface area contributed by atoms with E-state index in [2.05, 4.69) is 38.2 Å². The Labute approximate surface area is 83.7 Å². The molecule has 0 aliphatic heterocycles. The molecule has 0 aliphatic carbocycles. The number of hydrogen-bond donors (Lipinski definition) is 1. The van der Waals surface area contributed by atoms with Crippen LogP contribution in [0.2, 0.25) is 0 Å². The number of nitrogens with zero attached hydrogens (tertiary/aromatic N) is 1. The van der Waals surface area contributed by atoms with E-state index in [-0.39, 0.29) is 0 Å². The molecule has 1 unspecified atom stereocenters. The Morgan fingerprint density at radius 1 is 1.23 bits per heavy atom. The van der Waals surface area contributed by atoms with Gasteiger partial charge in [0.15, 0.2) is 0 Å². The average molecular weight is 186 g/mol. The third-order valence-electron chi connectivity index (χ3n) is 2.48. The molecule has 13 heavy (non-hydrogen) atoms. The van der Waals surface area contributed by atoms with Crippen LogP contribution in [0.25, 0.3) is 0 Å². The number of nitrogens with one attached hydrogen (secondary N) is 1. The van der Waals surface area contributed by atoms with Crippen molar-refractivity contribution in [2.45, 2.75) is 33.1 Å². The van der Waals surface area contributed by atoms with E-state index in [1.807, 2.05) is 0 Å². The van der Waals surface area contributed by atoms with Crippen molar-refractivity contribution in [3.05, 3.63) is 0 Å². The van der Waals surface area contributed by atoms with E-state index < -0.39 is 0 Å². The quantitative estimate of drug-likeness (QED) is 0.583. The Balaban J connectivity index is 2.99. The minimum Gasteiger partial charge on any atom is -0.315 e. The summed E-state index contributed by atoms with van der Waals surface area (Å²) in [6.45, 7) is 8.04. The number of hydrogen-bond acceptors (Lipinski definition) is 2. The number of rotatable bonds is 8. The molecule has 0 saturated heterocycles. The summed E-state index contributed by atoms with van der Waals surface area (Å²) in [6, 6.07) is 0. The maximum atomic E-state index is 3.45. The monoisotopic (exact) mass is 186 g/mol. The molecular weight excluding hydrogens is 160 g/mol. The van der Waals surface area contributed by atoms with Crippen LogP contribution in [0.5, 0.6) is 0 Å². The fraction of sp³-hybridized carbons (Fsp3) is 1.00. The molecule has 0 aromatic carbocycles. The van der Waals surface area contributed by atoms with Crippen LogP contribution in [0, 0.1) is 5.92 Å². The van der Waals surface area contributed by atoms with Gasteiger partial charge in [-0.05, 0) is 39.4 Å². The molecule has 0 aromatic heterocycles. The maximum Gasteiger partial charge on any atom is 0.0101 e. The van der Waals surface area contributed by atoms with Gasteiger partial charge in [0.05, 0.1) is 0 Å². The molecule has 0 amide bonds. The maximum absolute atomic E-state index is 3.45. The molecule has 1 N–H and O–H groups in total. The van der Waals surface area contributed by atoms with Gasteiger partial charge in [-0.25, -0.2) is 0 Å². The van der Waals surface area contributed by atoms with Gasteiger partial charge in [-0.3, -0.25) is 0 Å². The highest BCUT2D eigenvalue weighted by Crippen LogP contribution is 2.07.